The fourth-order valence-electron chi connectivity index (χ4n) is 10.5. The van der Waals surface area contributed by atoms with Crippen LogP contribution in [0, 0.1) is 13.8 Å². The normalized spacial score (nSPS) is 11.3. The Labute approximate surface area is 441 Å². The van der Waals surface area contributed by atoms with Gasteiger partial charge in [0.1, 0.15) is 0 Å². The Morgan fingerprint density at radius 1 is 0.253 bits per heavy atom. The van der Waals surface area contributed by atoms with Crippen LogP contribution in [0.5, 0.6) is 0 Å². The topological polar surface area (TPSA) is 38.7 Å². The second-order valence-electron chi connectivity index (χ2n) is 19.3. The van der Waals surface area contributed by atoms with Crippen LogP contribution in [0.3, 0.4) is 0 Å². The summed E-state index contributed by atoms with van der Waals surface area (Å²) in [6, 6.07) is 88.3. The fraction of sp³-hybridized carbons (Fsp3) is 0.0282. The van der Waals surface area contributed by atoms with Crippen molar-refractivity contribution in [2.45, 2.75) is 13.8 Å². The van der Waals surface area contributed by atoms with Crippen LogP contribution < -0.4 is 0 Å². The molecule has 13 aromatic rings. The predicted molar refractivity (Wildman–Crippen MR) is 317 cm³/mol. The number of benzene rings is 9. The van der Waals surface area contributed by atoms with Gasteiger partial charge >= 0.3 is 0 Å². The standard InChI is InChI=1S/C71H49N3S/c1-46-19-35-67(73-44-46)51-27-21-48(22-28-51)59-11-3-6-14-62(59)56-39-57(63-15-7-4-12-60(63)49-23-29-52(30-24-49)68-36-20-47(2)45-74-68)41-58(40-56)64-16-8-5-13-61(64)50-25-31-53(32-26-50)69-42-55(37-38-72-69)54-33-34-66-65-17-9-10-18-70(65)75-71(66)43-54/h3-45H,1-2H3. The highest BCUT2D eigenvalue weighted by molar-refractivity contribution is 7.25. The molecule has 0 radical (unpaired) electrons. The van der Waals surface area contributed by atoms with Gasteiger partial charge in [0.2, 0.25) is 0 Å². The highest BCUT2D eigenvalue weighted by Crippen LogP contribution is 2.43. The molecule has 4 aromatic heterocycles. The van der Waals surface area contributed by atoms with E-state index in [1.165, 1.54) is 36.9 Å². The van der Waals surface area contributed by atoms with Crippen LogP contribution in [0.15, 0.2) is 261 Å². The Balaban J connectivity index is 0.892. The maximum atomic E-state index is 4.87. The SMILES string of the molecule is Cc1ccc(-c2ccc(-c3ccccc3-c3cc(-c4ccccc4-c4ccc(-c5ccc(C)cn5)cc4)cc(-c4ccccc4-c4ccc(-c5cc(-c6ccc7c(c6)sc6ccccc67)ccn5)cc4)c3)cc2)nc1. The van der Waals surface area contributed by atoms with E-state index in [-0.39, 0.29) is 0 Å². The van der Waals surface area contributed by atoms with Gasteiger partial charge in [-0.05, 0) is 157 Å². The van der Waals surface area contributed by atoms with Crippen molar-refractivity contribution < 1.29 is 0 Å². The summed E-state index contributed by atoms with van der Waals surface area (Å²) in [5.41, 5.74) is 24.6. The quantitative estimate of drug-likeness (QED) is 0.137. The molecule has 0 unspecified atom stereocenters. The Morgan fingerprint density at radius 3 is 1.08 bits per heavy atom. The van der Waals surface area contributed by atoms with E-state index in [1.807, 2.05) is 29.9 Å². The van der Waals surface area contributed by atoms with E-state index < -0.39 is 0 Å². The number of hydrogen-bond donors (Lipinski definition) is 0. The third kappa shape index (κ3) is 9.03. The van der Waals surface area contributed by atoms with Crippen LogP contribution in [0.4, 0.5) is 0 Å². The summed E-state index contributed by atoms with van der Waals surface area (Å²) >= 11 is 1.85. The molecule has 354 valence electrons. The molecule has 4 heteroatoms. The van der Waals surface area contributed by atoms with E-state index in [1.54, 1.807) is 0 Å². The van der Waals surface area contributed by atoms with Crippen LogP contribution >= 0.6 is 11.3 Å². The highest BCUT2D eigenvalue weighted by atomic mass is 32.1. The molecule has 0 spiro atoms. The molecule has 0 amide bonds. The number of aromatic nitrogens is 3. The number of thiophene rings is 1. The van der Waals surface area contributed by atoms with E-state index >= 15 is 0 Å². The molecule has 0 fully saturated rings. The third-order valence-corrected chi connectivity index (χ3v) is 15.6. The van der Waals surface area contributed by atoms with Crippen LogP contribution in [-0.2, 0) is 0 Å². The Morgan fingerprint density at radius 2 is 0.627 bits per heavy atom. The van der Waals surface area contributed by atoms with Gasteiger partial charge in [0.05, 0.1) is 17.1 Å². The molecule has 0 atom stereocenters. The zero-order valence-electron chi connectivity index (χ0n) is 41.6. The van der Waals surface area contributed by atoms with Crippen LogP contribution in [0.2, 0.25) is 0 Å². The van der Waals surface area contributed by atoms with Gasteiger partial charge in [0.25, 0.3) is 0 Å². The molecule has 0 saturated heterocycles. The lowest BCUT2D eigenvalue weighted by atomic mass is 9.86. The van der Waals surface area contributed by atoms with Crippen molar-refractivity contribution in [3.63, 3.8) is 0 Å². The van der Waals surface area contributed by atoms with Crippen molar-refractivity contribution in [2.75, 3.05) is 0 Å². The van der Waals surface area contributed by atoms with E-state index in [4.69, 9.17) is 15.0 Å². The van der Waals surface area contributed by atoms with Crippen LogP contribution in [0.1, 0.15) is 11.1 Å². The first-order valence-corrected chi connectivity index (χ1v) is 26.3. The van der Waals surface area contributed by atoms with Crippen molar-refractivity contribution in [3.8, 4) is 112 Å². The molecule has 0 bridgehead atoms. The first-order valence-electron chi connectivity index (χ1n) is 25.4. The molecule has 75 heavy (non-hydrogen) atoms. The number of hydrogen-bond acceptors (Lipinski definition) is 4. The van der Waals surface area contributed by atoms with Crippen molar-refractivity contribution in [3.05, 3.63) is 272 Å². The number of rotatable bonds is 10. The minimum absolute atomic E-state index is 0.946. The number of aryl methyl sites for hydroxylation is 2. The predicted octanol–water partition coefficient (Wildman–Crippen LogP) is 19.5. The summed E-state index contributed by atoms with van der Waals surface area (Å²) in [4.78, 5) is 14.3. The van der Waals surface area contributed by atoms with E-state index in [0.29, 0.717) is 0 Å². The molecular weight excluding hydrogens is 927 g/mol. The van der Waals surface area contributed by atoms with Crippen LogP contribution in [0.25, 0.3) is 132 Å². The second-order valence-corrected chi connectivity index (χ2v) is 20.4. The molecule has 9 aromatic carbocycles. The van der Waals surface area contributed by atoms with E-state index in [2.05, 4.69) is 257 Å². The van der Waals surface area contributed by atoms with Gasteiger partial charge in [-0.1, -0.05) is 188 Å². The summed E-state index contributed by atoms with van der Waals surface area (Å²) in [5.74, 6) is 0. The first-order chi connectivity index (χ1) is 37.0. The average Bonchev–Trinajstić information content (AvgIpc) is 3.86. The zero-order valence-corrected chi connectivity index (χ0v) is 42.4. The molecular formula is C71H49N3S. The van der Waals surface area contributed by atoms with Gasteiger partial charge in [0.15, 0.2) is 0 Å². The summed E-state index contributed by atoms with van der Waals surface area (Å²) in [5, 5.41) is 2.62. The minimum atomic E-state index is 0.946. The Bertz CT molecular complexity index is 4060. The van der Waals surface area contributed by atoms with E-state index in [0.717, 1.165) is 106 Å². The molecule has 0 aliphatic carbocycles. The summed E-state index contributed by atoms with van der Waals surface area (Å²) in [6.45, 7) is 4.14. The largest absolute Gasteiger partial charge is 0.256 e. The maximum Gasteiger partial charge on any atom is 0.0708 e. The number of pyridine rings is 3. The van der Waals surface area contributed by atoms with Crippen LogP contribution in [-0.4, -0.2) is 15.0 Å². The molecule has 3 nitrogen and oxygen atoms in total. The monoisotopic (exact) mass is 975 g/mol. The van der Waals surface area contributed by atoms with Crippen molar-refractivity contribution in [1.82, 2.24) is 15.0 Å². The molecule has 0 aliphatic heterocycles. The molecule has 0 saturated carbocycles. The second kappa shape index (κ2) is 19.6. The zero-order chi connectivity index (χ0) is 50.2. The Kier molecular flexibility index (Phi) is 11.9. The van der Waals surface area contributed by atoms with Gasteiger partial charge in [-0.3, -0.25) is 15.0 Å². The van der Waals surface area contributed by atoms with Crippen molar-refractivity contribution in [1.29, 1.82) is 0 Å². The van der Waals surface area contributed by atoms with Crippen molar-refractivity contribution in [2.24, 2.45) is 0 Å². The first kappa shape index (κ1) is 45.5. The Hall–Kier alpha value is -9.35. The lowest BCUT2D eigenvalue weighted by molar-refractivity contribution is 1.27. The van der Waals surface area contributed by atoms with E-state index in [9.17, 15) is 0 Å². The van der Waals surface area contributed by atoms with Gasteiger partial charge in [0, 0.05) is 55.5 Å². The van der Waals surface area contributed by atoms with Crippen molar-refractivity contribution >= 4 is 31.5 Å². The highest BCUT2D eigenvalue weighted by Gasteiger charge is 2.17. The van der Waals surface area contributed by atoms with Gasteiger partial charge < -0.3 is 0 Å². The fourth-order valence-corrected chi connectivity index (χ4v) is 11.6. The average molecular weight is 976 g/mol. The summed E-state index contributed by atoms with van der Waals surface area (Å²) in [6.07, 6.45) is 5.79. The maximum absolute atomic E-state index is 4.87. The smallest absolute Gasteiger partial charge is 0.0708 e. The van der Waals surface area contributed by atoms with Gasteiger partial charge in [-0.2, -0.15) is 0 Å². The molecule has 13 rings (SSSR count). The number of fused-ring (bicyclic) bond motifs is 3. The van der Waals surface area contributed by atoms with Gasteiger partial charge in [-0.25, -0.2) is 0 Å². The molecule has 4 heterocycles. The summed E-state index contributed by atoms with van der Waals surface area (Å²) in [7, 11) is 0. The van der Waals surface area contributed by atoms with Gasteiger partial charge in [-0.15, -0.1) is 11.3 Å². The number of nitrogens with zero attached hydrogens (tertiary/aromatic N) is 3. The third-order valence-electron chi connectivity index (χ3n) is 14.4. The molecule has 0 N–H and O–H groups in total. The minimum Gasteiger partial charge on any atom is -0.256 e. The molecule has 0 aliphatic rings. The lowest BCUT2D eigenvalue weighted by Crippen LogP contribution is -1.92. The lowest BCUT2D eigenvalue weighted by Gasteiger charge is -2.18. The summed E-state index contributed by atoms with van der Waals surface area (Å²) < 4.78 is 2.61.